The summed E-state index contributed by atoms with van der Waals surface area (Å²) in [5, 5.41) is 0. The number of benzene rings is 2. The van der Waals surface area contributed by atoms with Crippen molar-refractivity contribution in [1.29, 1.82) is 0 Å². The molecule has 136 valence electrons. The summed E-state index contributed by atoms with van der Waals surface area (Å²) in [6.07, 6.45) is 1.87. The number of ether oxygens (including phenoxy) is 1. The Bertz CT molecular complexity index is 764. The summed E-state index contributed by atoms with van der Waals surface area (Å²) in [5.41, 5.74) is 2.35. The van der Waals surface area contributed by atoms with Crippen LogP contribution in [0.4, 0.5) is 0 Å². The van der Waals surface area contributed by atoms with E-state index in [2.05, 4.69) is 41.3 Å². The van der Waals surface area contributed by atoms with Gasteiger partial charge in [-0.1, -0.05) is 42.5 Å². The fraction of sp³-hybridized carbons (Fsp3) is 0.409. The molecule has 0 aliphatic carbocycles. The quantitative estimate of drug-likeness (QED) is 0.792. The molecule has 4 heteroatoms. The van der Waals surface area contributed by atoms with Crippen molar-refractivity contribution < 1.29 is 9.53 Å². The lowest BCUT2D eigenvalue weighted by Gasteiger charge is -2.58. The molecule has 26 heavy (non-hydrogen) atoms. The van der Waals surface area contributed by atoms with E-state index < -0.39 is 0 Å². The molecule has 2 aromatic rings. The molecule has 1 amide bonds. The van der Waals surface area contributed by atoms with Gasteiger partial charge in [0.2, 0.25) is 5.91 Å². The Morgan fingerprint density at radius 2 is 1.69 bits per heavy atom. The first kappa shape index (κ1) is 17.1. The number of amides is 1. The zero-order chi connectivity index (χ0) is 18.1. The number of carbonyl (C=O) groups excluding carboxylic acids is 1. The molecule has 2 aromatic carbocycles. The van der Waals surface area contributed by atoms with Crippen molar-refractivity contribution in [1.82, 2.24) is 9.80 Å². The highest BCUT2D eigenvalue weighted by Crippen LogP contribution is 2.55. The van der Waals surface area contributed by atoms with Gasteiger partial charge in [-0.2, -0.15) is 0 Å². The first-order valence-corrected chi connectivity index (χ1v) is 9.31. The molecule has 2 heterocycles. The van der Waals surface area contributed by atoms with E-state index in [1.54, 1.807) is 7.11 Å². The van der Waals surface area contributed by atoms with Crippen molar-refractivity contribution >= 4 is 5.91 Å². The van der Waals surface area contributed by atoms with E-state index in [-0.39, 0.29) is 11.5 Å². The van der Waals surface area contributed by atoms with Gasteiger partial charge < -0.3 is 9.64 Å². The number of nitrogens with zero attached hydrogens (tertiary/aromatic N) is 2. The van der Waals surface area contributed by atoms with Gasteiger partial charge in [-0.15, -0.1) is 0 Å². The van der Waals surface area contributed by atoms with Crippen molar-refractivity contribution in [2.75, 3.05) is 27.2 Å². The fourth-order valence-electron chi connectivity index (χ4n) is 4.65. The van der Waals surface area contributed by atoms with Crippen LogP contribution in [0.15, 0.2) is 54.6 Å². The zero-order valence-corrected chi connectivity index (χ0v) is 15.5. The Balaban J connectivity index is 1.44. The van der Waals surface area contributed by atoms with Crippen LogP contribution in [0, 0.1) is 5.41 Å². The van der Waals surface area contributed by atoms with Crippen LogP contribution in [0.3, 0.4) is 0 Å². The summed E-state index contributed by atoms with van der Waals surface area (Å²) < 4.78 is 5.23. The van der Waals surface area contributed by atoms with Gasteiger partial charge in [0.15, 0.2) is 0 Å². The van der Waals surface area contributed by atoms with Crippen LogP contribution in [0.2, 0.25) is 0 Å². The van der Waals surface area contributed by atoms with E-state index in [0.717, 1.165) is 38.2 Å². The molecule has 4 nitrogen and oxygen atoms in total. The number of carbonyl (C=O) groups is 1. The molecule has 0 bridgehead atoms. The molecule has 2 aliphatic heterocycles. The lowest BCUT2D eigenvalue weighted by molar-refractivity contribution is -0.176. The lowest BCUT2D eigenvalue weighted by atomic mass is 9.62. The highest BCUT2D eigenvalue weighted by Gasteiger charge is 2.59. The fourth-order valence-corrected chi connectivity index (χ4v) is 4.65. The second kappa shape index (κ2) is 6.76. The average Bonchev–Trinajstić information content (AvgIpc) is 2.70. The third kappa shape index (κ3) is 2.78. The molecule has 0 N–H and O–H groups in total. The number of likely N-dealkylation sites (tertiary alicyclic amines) is 2. The minimum absolute atomic E-state index is 0.202. The van der Waals surface area contributed by atoms with Crippen molar-refractivity contribution in [2.45, 2.75) is 25.4 Å². The molecular formula is C22H26N2O2. The van der Waals surface area contributed by atoms with Crippen molar-refractivity contribution in [3.63, 3.8) is 0 Å². The minimum atomic E-state index is -0.202. The highest BCUT2D eigenvalue weighted by atomic mass is 16.5. The molecule has 1 atom stereocenters. The van der Waals surface area contributed by atoms with Crippen LogP contribution < -0.4 is 4.74 Å². The Kier molecular flexibility index (Phi) is 4.45. The van der Waals surface area contributed by atoms with E-state index in [1.807, 2.05) is 30.1 Å². The van der Waals surface area contributed by atoms with Gasteiger partial charge in [0, 0.05) is 13.6 Å². The third-order valence-corrected chi connectivity index (χ3v) is 6.09. The van der Waals surface area contributed by atoms with Gasteiger partial charge in [0.05, 0.1) is 18.6 Å². The predicted molar refractivity (Wildman–Crippen MR) is 102 cm³/mol. The second-order valence-electron chi connectivity index (χ2n) is 7.51. The van der Waals surface area contributed by atoms with Crippen LogP contribution >= 0.6 is 0 Å². The van der Waals surface area contributed by atoms with Gasteiger partial charge >= 0.3 is 0 Å². The summed E-state index contributed by atoms with van der Waals surface area (Å²) in [4.78, 5) is 17.1. The normalized spacial score (nSPS) is 22.3. The third-order valence-electron chi connectivity index (χ3n) is 6.09. The maximum atomic E-state index is 12.8. The molecule has 0 unspecified atom stereocenters. The number of hydrogen-bond acceptors (Lipinski definition) is 3. The number of methoxy groups -OCH3 is 1. The van der Waals surface area contributed by atoms with E-state index in [1.165, 1.54) is 11.1 Å². The van der Waals surface area contributed by atoms with Crippen molar-refractivity contribution in [2.24, 2.45) is 5.41 Å². The monoisotopic (exact) mass is 350 g/mol. The van der Waals surface area contributed by atoms with Crippen molar-refractivity contribution in [3.8, 4) is 5.75 Å². The van der Waals surface area contributed by atoms with Gasteiger partial charge in [-0.25, -0.2) is 0 Å². The Morgan fingerprint density at radius 3 is 2.31 bits per heavy atom. The van der Waals surface area contributed by atoms with E-state index in [4.69, 9.17) is 4.74 Å². The lowest BCUT2D eigenvalue weighted by Crippen LogP contribution is -2.64. The smallest absolute Gasteiger partial charge is 0.231 e. The maximum absolute atomic E-state index is 12.8. The van der Waals surface area contributed by atoms with Crippen LogP contribution in [0.1, 0.15) is 30.0 Å². The van der Waals surface area contributed by atoms with Crippen LogP contribution in [0.5, 0.6) is 5.75 Å². The summed E-state index contributed by atoms with van der Waals surface area (Å²) >= 11 is 0. The van der Waals surface area contributed by atoms with Crippen molar-refractivity contribution in [3.05, 3.63) is 65.7 Å². The number of hydrogen-bond donors (Lipinski definition) is 0. The van der Waals surface area contributed by atoms with Crippen LogP contribution in [-0.2, 0) is 11.3 Å². The van der Waals surface area contributed by atoms with Gasteiger partial charge in [0.25, 0.3) is 0 Å². The molecule has 0 radical (unpaired) electrons. The molecule has 2 fully saturated rings. The van der Waals surface area contributed by atoms with Crippen LogP contribution in [0.25, 0.3) is 0 Å². The number of β-lactam (4-membered cyclic amide) rings is 1. The molecule has 0 aromatic heterocycles. The number of rotatable bonds is 4. The van der Waals surface area contributed by atoms with Gasteiger partial charge in [-0.05, 0) is 49.2 Å². The van der Waals surface area contributed by atoms with E-state index in [9.17, 15) is 4.79 Å². The Hall–Kier alpha value is -2.33. The largest absolute Gasteiger partial charge is 0.497 e. The van der Waals surface area contributed by atoms with Gasteiger partial charge in [-0.3, -0.25) is 9.69 Å². The summed E-state index contributed by atoms with van der Waals surface area (Å²) in [5.74, 6) is 1.20. The topological polar surface area (TPSA) is 32.8 Å². The van der Waals surface area contributed by atoms with E-state index in [0.29, 0.717) is 5.91 Å². The second-order valence-corrected chi connectivity index (χ2v) is 7.51. The first-order valence-electron chi connectivity index (χ1n) is 9.31. The van der Waals surface area contributed by atoms with Gasteiger partial charge in [0.1, 0.15) is 5.75 Å². The highest BCUT2D eigenvalue weighted by molar-refractivity contribution is 5.90. The summed E-state index contributed by atoms with van der Waals surface area (Å²) in [6.45, 7) is 2.87. The maximum Gasteiger partial charge on any atom is 0.231 e. The Labute approximate surface area is 155 Å². The SMILES string of the molecule is COc1ccc(CN2CCC3(CC2)C(=O)N(C)[C@H]3c2ccccc2)cc1. The predicted octanol–water partition coefficient (Wildman–Crippen LogP) is 3.49. The average molecular weight is 350 g/mol. The van der Waals surface area contributed by atoms with Crippen LogP contribution in [-0.4, -0.2) is 43.0 Å². The number of piperidine rings is 1. The minimum Gasteiger partial charge on any atom is -0.497 e. The molecular weight excluding hydrogens is 324 g/mol. The molecule has 0 saturated carbocycles. The van der Waals surface area contributed by atoms with E-state index >= 15 is 0 Å². The Morgan fingerprint density at radius 1 is 1.04 bits per heavy atom. The molecule has 4 rings (SSSR count). The molecule has 2 aliphatic rings. The summed E-state index contributed by atoms with van der Waals surface area (Å²) in [7, 11) is 3.63. The standard InChI is InChI=1S/C22H26N2O2/c1-23-20(18-6-4-3-5-7-18)22(21(23)25)12-14-24(15-13-22)16-17-8-10-19(26-2)11-9-17/h3-11,20H,12-16H2,1-2H3/t20-/m0/s1. The molecule has 2 saturated heterocycles. The molecule has 1 spiro atoms. The first-order chi connectivity index (χ1) is 12.6. The summed E-state index contributed by atoms with van der Waals surface area (Å²) in [6, 6.07) is 19.0. The zero-order valence-electron chi connectivity index (χ0n) is 15.5.